The molecule has 7 nitrogen and oxygen atoms in total. The van der Waals surface area contributed by atoms with Crippen molar-refractivity contribution < 1.29 is 23.9 Å². The van der Waals surface area contributed by atoms with E-state index in [2.05, 4.69) is 0 Å². The molecule has 2 aliphatic rings. The Morgan fingerprint density at radius 2 is 1.63 bits per heavy atom. The van der Waals surface area contributed by atoms with Crippen LogP contribution in [0.5, 0.6) is 0 Å². The molecule has 1 unspecified atom stereocenters. The number of fused-ring (bicyclic) bond motifs is 1. The number of para-hydroxylation sites is 1. The van der Waals surface area contributed by atoms with Crippen molar-refractivity contribution in [2.24, 2.45) is 5.92 Å². The Hall–Kier alpha value is -3.48. The average molecular weight is 406 g/mol. The zero-order chi connectivity index (χ0) is 21.3. The molecule has 0 spiro atoms. The van der Waals surface area contributed by atoms with Crippen molar-refractivity contribution in [3.05, 3.63) is 65.2 Å². The molecule has 2 heterocycles. The summed E-state index contributed by atoms with van der Waals surface area (Å²) in [7, 11) is 0. The highest BCUT2D eigenvalue weighted by molar-refractivity contribution is 6.21. The van der Waals surface area contributed by atoms with Crippen LogP contribution >= 0.6 is 0 Å². The monoisotopic (exact) mass is 406 g/mol. The van der Waals surface area contributed by atoms with Crippen molar-refractivity contribution in [1.82, 2.24) is 4.90 Å². The number of anilines is 1. The number of rotatable bonds is 6. The number of nitrogens with zero attached hydrogens (tertiary/aromatic N) is 2. The molecule has 1 saturated heterocycles. The van der Waals surface area contributed by atoms with Crippen molar-refractivity contribution in [3.63, 3.8) is 0 Å². The van der Waals surface area contributed by atoms with Gasteiger partial charge in [0, 0.05) is 18.7 Å². The molecule has 2 aliphatic heterocycles. The van der Waals surface area contributed by atoms with E-state index in [9.17, 15) is 19.2 Å². The van der Waals surface area contributed by atoms with Crippen LogP contribution in [0.3, 0.4) is 0 Å². The van der Waals surface area contributed by atoms with E-state index in [1.54, 1.807) is 29.2 Å². The van der Waals surface area contributed by atoms with Gasteiger partial charge in [-0.1, -0.05) is 37.3 Å². The van der Waals surface area contributed by atoms with E-state index >= 15 is 0 Å². The molecule has 154 valence electrons. The van der Waals surface area contributed by atoms with E-state index in [4.69, 9.17) is 4.74 Å². The molecular weight excluding hydrogens is 384 g/mol. The summed E-state index contributed by atoms with van der Waals surface area (Å²) in [5.41, 5.74) is 2.60. The second kappa shape index (κ2) is 8.10. The van der Waals surface area contributed by atoms with Crippen LogP contribution < -0.4 is 4.90 Å². The first kappa shape index (κ1) is 19.8. The Labute approximate surface area is 174 Å². The Balaban J connectivity index is 1.34. The third-order valence-corrected chi connectivity index (χ3v) is 5.56. The first-order chi connectivity index (χ1) is 14.5. The number of hydrogen-bond donors (Lipinski definition) is 0. The van der Waals surface area contributed by atoms with Crippen LogP contribution in [-0.4, -0.2) is 48.3 Å². The molecule has 0 aromatic heterocycles. The van der Waals surface area contributed by atoms with Crippen molar-refractivity contribution in [1.29, 1.82) is 0 Å². The van der Waals surface area contributed by atoms with Crippen LogP contribution in [0.2, 0.25) is 0 Å². The fraction of sp³-hybridized carbons (Fsp3) is 0.304. The molecule has 0 saturated carbocycles. The lowest BCUT2D eigenvalue weighted by Crippen LogP contribution is -2.34. The lowest BCUT2D eigenvalue weighted by Gasteiger charge is -2.20. The number of ether oxygens (including phenoxy) is 1. The number of carbonyl (C=O) groups excluding carboxylic acids is 4. The standard InChI is InChI=1S/C23H22N2O5/c1-2-15-7-3-6-10-19(15)25-14-16(13-20(25)26)23(29)30-12-11-24-21(27)17-8-4-5-9-18(17)22(24)28/h3-10,16H,2,11-14H2,1H3. The Kier molecular flexibility index (Phi) is 5.35. The van der Waals surface area contributed by atoms with Crippen LogP contribution in [-0.2, 0) is 20.7 Å². The van der Waals surface area contributed by atoms with Crippen molar-refractivity contribution in [2.45, 2.75) is 19.8 Å². The maximum absolute atomic E-state index is 12.5. The minimum atomic E-state index is -0.565. The summed E-state index contributed by atoms with van der Waals surface area (Å²) in [5.74, 6) is -1.94. The molecule has 7 heteroatoms. The van der Waals surface area contributed by atoms with E-state index in [0.29, 0.717) is 11.1 Å². The zero-order valence-corrected chi connectivity index (χ0v) is 16.7. The van der Waals surface area contributed by atoms with E-state index in [1.165, 1.54) is 0 Å². The topological polar surface area (TPSA) is 84.0 Å². The summed E-state index contributed by atoms with van der Waals surface area (Å²) in [6.45, 7) is 2.17. The SMILES string of the molecule is CCc1ccccc1N1CC(C(=O)OCCN2C(=O)c3ccccc3C2=O)CC1=O. The highest BCUT2D eigenvalue weighted by Gasteiger charge is 2.38. The van der Waals surface area contributed by atoms with E-state index in [-0.39, 0.29) is 43.8 Å². The van der Waals surface area contributed by atoms with E-state index < -0.39 is 11.9 Å². The minimum Gasteiger partial charge on any atom is -0.464 e. The van der Waals surface area contributed by atoms with Gasteiger partial charge < -0.3 is 9.64 Å². The average Bonchev–Trinajstić information content (AvgIpc) is 3.27. The number of amides is 3. The molecular formula is C23H22N2O5. The zero-order valence-electron chi connectivity index (χ0n) is 16.7. The molecule has 1 fully saturated rings. The summed E-state index contributed by atoms with van der Waals surface area (Å²) < 4.78 is 5.31. The molecule has 2 aromatic rings. The predicted molar refractivity (Wildman–Crippen MR) is 109 cm³/mol. The number of imide groups is 1. The van der Waals surface area contributed by atoms with Crippen molar-refractivity contribution in [2.75, 3.05) is 24.6 Å². The van der Waals surface area contributed by atoms with Gasteiger partial charge in [0.15, 0.2) is 0 Å². The van der Waals surface area contributed by atoms with E-state index in [1.807, 2.05) is 31.2 Å². The fourth-order valence-corrected chi connectivity index (χ4v) is 3.97. The summed E-state index contributed by atoms with van der Waals surface area (Å²) in [4.78, 5) is 52.4. The Bertz CT molecular complexity index is 997. The molecule has 0 radical (unpaired) electrons. The molecule has 4 rings (SSSR count). The predicted octanol–water partition coefficient (Wildman–Crippen LogP) is 2.44. The van der Waals surface area contributed by atoms with Gasteiger partial charge in [0.25, 0.3) is 11.8 Å². The molecule has 1 atom stereocenters. The number of aryl methyl sites for hydroxylation is 1. The van der Waals surface area contributed by atoms with E-state index in [0.717, 1.165) is 22.6 Å². The van der Waals surface area contributed by atoms with Crippen LogP contribution in [0.15, 0.2) is 48.5 Å². The molecule has 2 aromatic carbocycles. The molecule has 0 N–H and O–H groups in total. The van der Waals surface area contributed by atoms with Gasteiger partial charge in [-0.3, -0.25) is 24.1 Å². The Morgan fingerprint density at radius 1 is 1.00 bits per heavy atom. The van der Waals surface area contributed by atoms with Crippen LogP contribution in [0.4, 0.5) is 5.69 Å². The summed E-state index contributed by atoms with van der Waals surface area (Å²) >= 11 is 0. The van der Waals surface area contributed by atoms with Gasteiger partial charge in [0.05, 0.1) is 23.6 Å². The minimum absolute atomic E-state index is 0.0128. The quantitative estimate of drug-likeness (QED) is 0.544. The second-order valence-corrected chi connectivity index (χ2v) is 7.36. The van der Waals surface area contributed by atoms with Gasteiger partial charge in [0.2, 0.25) is 5.91 Å². The number of benzene rings is 2. The van der Waals surface area contributed by atoms with Gasteiger partial charge >= 0.3 is 5.97 Å². The summed E-state index contributed by atoms with van der Waals surface area (Å²) in [6.07, 6.45) is 0.874. The fourth-order valence-electron chi connectivity index (χ4n) is 3.97. The van der Waals surface area contributed by atoms with Crippen LogP contribution in [0, 0.1) is 5.92 Å². The van der Waals surface area contributed by atoms with Crippen LogP contribution in [0.25, 0.3) is 0 Å². The third kappa shape index (κ3) is 3.47. The van der Waals surface area contributed by atoms with Gasteiger partial charge in [-0.25, -0.2) is 0 Å². The third-order valence-electron chi connectivity index (χ3n) is 5.56. The second-order valence-electron chi connectivity index (χ2n) is 7.36. The van der Waals surface area contributed by atoms with Gasteiger partial charge in [-0.15, -0.1) is 0 Å². The molecule has 0 bridgehead atoms. The smallest absolute Gasteiger partial charge is 0.311 e. The molecule has 30 heavy (non-hydrogen) atoms. The number of hydrogen-bond acceptors (Lipinski definition) is 5. The lowest BCUT2D eigenvalue weighted by molar-refractivity contribution is -0.148. The highest BCUT2D eigenvalue weighted by Crippen LogP contribution is 2.29. The highest BCUT2D eigenvalue weighted by atomic mass is 16.5. The largest absolute Gasteiger partial charge is 0.464 e. The Morgan fingerprint density at radius 3 is 2.30 bits per heavy atom. The van der Waals surface area contributed by atoms with Gasteiger partial charge in [-0.05, 0) is 30.2 Å². The first-order valence-electron chi connectivity index (χ1n) is 10.0. The molecule has 0 aliphatic carbocycles. The van der Waals surface area contributed by atoms with Gasteiger partial charge in [-0.2, -0.15) is 0 Å². The summed E-state index contributed by atoms with van der Waals surface area (Å²) in [5, 5.41) is 0. The van der Waals surface area contributed by atoms with Crippen molar-refractivity contribution in [3.8, 4) is 0 Å². The maximum Gasteiger partial charge on any atom is 0.311 e. The maximum atomic E-state index is 12.5. The van der Waals surface area contributed by atoms with Crippen molar-refractivity contribution >= 4 is 29.4 Å². The molecule has 3 amide bonds. The first-order valence-corrected chi connectivity index (χ1v) is 10.0. The number of esters is 1. The number of carbonyl (C=O) groups is 4. The van der Waals surface area contributed by atoms with Gasteiger partial charge in [0.1, 0.15) is 6.61 Å². The normalized spacial score (nSPS) is 18.2. The summed E-state index contributed by atoms with van der Waals surface area (Å²) in [6, 6.07) is 14.3. The van der Waals surface area contributed by atoms with Crippen LogP contribution in [0.1, 0.15) is 39.6 Å². The lowest BCUT2D eigenvalue weighted by atomic mass is 10.1.